The summed E-state index contributed by atoms with van der Waals surface area (Å²) in [6.07, 6.45) is -7.91. The molecule has 1 N–H and O–H groups in total. The van der Waals surface area contributed by atoms with Gasteiger partial charge in [0.25, 0.3) is 0 Å². The molecule has 2 aromatic rings. The van der Waals surface area contributed by atoms with Crippen LogP contribution in [0.1, 0.15) is 20.7 Å². The summed E-state index contributed by atoms with van der Waals surface area (Å²) in [5, 5.41) is 10.0. The first-order chi connectivity index (χ1) is 15.5. The Hall–Kier alpha value is -3.00. The van der Waals surface area contributed by atoms with Crippen molar-refractivity contribution in [3.63, 3.8) is 0 Å². The summed E-state index contributed by atoms with van der Waals surface area (Å²) >= 11 is 0. The normalized spacial score (nSPS) is 23.2. The minimum Gasteiger partial charge on any atom is -0.459 e. The van der Waals surface area contributed by atoms with Crippen molar-refractivity contribution in [1.82, 2.24) is 0 Å². The highest BCUT2D eigenvalue weighted by atomic mass is 32.2. The van der Waals surface area contributed by atoms with Crippen molar-refractivity contribution in [2.45, 2.75) is 30.1 Å². The molecule has 2 aromatic carbocycles. The minimum absolute atomic E-state index is 0.0173. The van der Waals surface area contributed by atoms with Crippen LogP contribution in [0.4, 0.5) is 13.2 Å². The Kier molecular flexibility index (Phi) is 7.37. The van der Waals surface area contributed by atoms with Crippen molar-refractivity contribution in [3.8, 4) is 0 Å². The maximum atomic E-state index is 12.8. The van der Waals surface area contributed by atoms with Crippen molar-refractivity contribution < 1.29 is 54.7 Å². The third-order valence-corrected chi connectivity index (χ3v) is 5.49. The molecule has 4 unspecified atom stereocenters. The van der Waals surface area contributed by atoms with E-state index in [1.54, 1.807) is 24.3 Å². The number of benzene rings is 2. The zero-order valence-corrected chi connectivity index (χ0v) is 17.4. The number of esters is 2. The summed E-state index contributed by atoms with van der Waals surface area (Å²) in [6.45, 7) is -0.691. The average Bonchev–Trinajstić information content (AvgIpc) is 3.06. The molecule has 1 fully saturated rings. The van der Waals surface area contributed by atoms with Crippen LogP contribution in [0.5, 0.6) is 0 Å². The van der Waals surface area contributed by atoms with E-state index in [9.17, 15) is 36.3 Å². The van der Waals surface area contributed by atoms with E-state index < -0.39 is 58.8 Å². The zero-order valence-electron chi connectivity index (χ0n) is 16.5. The molecule has 0 spiro atoms. The van der Waals surface area contributed by atoms with Crippen LogP contribution in [0.15, 0.2) is 60.7 Å². The van der Waals surface area contributed by atoms with Gasteiger partial charge in [-0.25, -0.2) is 9.59 Å². The molecule has 1 aliphatic heterocycles. The summed E-state index contributed by atoms with van der Waals surface area (Å²) in [7, 11) is -6.18. The third kappa shape index (κ3) is 5.87. The highest BCUT2D eigenvalue weighted by Gasteiger charge is 2.56. The number of carbonyl (C=O) groups is 2. The SMILES string of the molecule is O=C(OCC1OC(O)C(OS(=O)(=O)C(F)(F)F)C1OC(=O)c1ccccc1)c1ccccc1. The van der Waals surface area contributed by atoms with Crippen LogP contribution in [-0.4, -0.2) is 62.2 Å². The number of aliphatic hydroxyl groups is 1. The topological polar surface area (TPSA) is 125 Å². The van der Waals surface area contributed by atoms with Gasteiger partial charge in [0.2, 0.25) is 0 Å². The molecule has 0 saturated carbocycles. The first kappa shape index (κ1) is 24.6. The Morgan fingerprint density at radius 3 is 1.94 bits per heavy atom. The van der Waals surface area contributed by atoms with E-state index in [4.69, 9.17) is 14.2 Å². The Balaban J connectivity index is 1.81. The highest BCUT2D eigenvalue weighted by Crippen LogP contribution is 2.33. The highest BCUT2D eigenvalue weighted by molar-refractivity contribution is 7.87. The molecule has 0 amide bonds. The van der Waals surface area contributed by atoms with Gasteiger partial charge in [0.15, 0.2) is 18.5 Å². The Morgan fingerprint density at radius 1 is 0.909 bits per heavy atom. The van der Waals surface area contributed by atoms with Crippen molar-refractivity contribution in [2.24, 2.45) is 0 Å². The predicted octanol–water partition coefficient (Wildman–Crippen LogP) is 2.02. The second-order valence-electron chi connectivity index (χ2n) is 6.73. The molecule has 33 heavy (non-hydrogen) atoms. The maximum Gasteiger partial charge on any atom is 0.523 e. The lowest BCUT2D eigenvalue weighted by Gasteiger charge is -2.23. The van der Waals surface area contributed by atoms with E-state index in [1.165, 1.54) is 36.4 Å². The van der Waals surface area contributed by atoms with Gasteiger partial charge in [0.05, 0.1) is 11.1 Å². The molecule has 3 rings (SSSR count). The molecule has 13 heteroatoms. The van der Waals surface area contributed by atoms with Gasteiger partial charge < -0.3 is 19.3 Å². The smallest absolute Gasteiger partial charge is 0.459 e. The van der Waals surface area contributed by atoms with Gasteiger partial charge in [0, 0.05) is 0 Å². The third-order valence-electron chi connectivity index (χ3n) is 4.45. The largest absolute Gasteiger partial charge is 0.523 e. The quantitative estimate of drug-likeness (QED) is 0.352. The van der Waals surface area contributed by atoms with Gasteiger partial charge in [-0.3, -0.25) is 4.18 Å². The standard InChI is InChI=1S/C20H17F3O9S/c21-20(22,23)33(27,28)32-16-15(31-18(25)13-9-5-2-6-10-13)14(30-19(16)26)11-29-17(24)12-7-3-1-4-8-12/h1-10,14-16,19,26H,11H2. The molecular weight excluding hydrogens is 473 g/mol. The summed E-state index contributed by atoms with van der Waals surface area (Å²) in [5.41, 5.74) is -5.68. The first-order valence-corrected chi connectivity index (χ1v) is 10.7. The van der Waals surface area contributed by atoms with E-state index in [0.717, 1.165) is 0 Å². The van der Waals surface area contributed by atoms with Crippen molar-refractivity contribution in [3.05, 3.63) is 71.8 Å². The summed E-state index contributed by atoms with van der Waals surface area (Å²) in [4.78, 5) is 24.6. The van der Waals surface area contributed by atoms with Crippen LogP contribution in [0.3, 0.4) is 0 Å². The van der Waals surface area contributed by atoms with Crippen LogP contribution >= 0.6 is 0 Å². The van der Waals surface area contributed by atoms with Gasteiger partial charge in [-0.1, -0.05) is 36.4 Å². The van der Waals surface area contributed by atoms with E-state index in [2.05, 4.69) is 4.18 Å². The fraction of sp³-hybridized carbons (Fsp3) is 0.300. The van der Waals surface area contributed by atoms with Gasteiger partial charge in [0.1, 0.15) is 12.7 Å². The van der Waals surface area contributed by atoms with E-state index in [-0.39, 0.29) is 11.1 Å². The van der Waals surface area contributed by atoms with Crippen molar-refractivity contribution in [2.75, 3.05) is 6.61 Å². The fourth-order valence-electron chi connectivity index (χ4n) is 2.87. The van der Waals surface area contributed by atoms with Gasteiger partial charge in [-0.2, -0.15) is 21.6 Å². The summed E-state index contributed by atoms with van der Waals surface area (Å²) in [6, 6.07) is 14.9. The van der Waals surface area contributed by atoms with Gasteiger partial charge in [-0.15, -0.1) is 0 Å². The lowest BCUT2D eigenvalue weighted by atomic mass is 10.1. The maximum absolute atomic E-state index is 12.8. The number of aliphatic hydroxyl groups excluding tert-OH is 1. The Bertz CT molecular complexity index is 1070. The molecule has 0 radical (unpaired) electrons. The monoisotopic (exact) mass is 490 g/mol. The molecule has 4 atom stereocenters. The fourth-order valence-corrected chi connectivity index (χ4v) is 3.48. The lowest BCUT2D eigenvalue weighted by Crippen LogP contribution is -2.43. The number of carbonyl (C=O) groups excluding carboxylic acids is 2. The van der Waals surface area contributed by atoms with E-state index in [1.807, 2.05) is 0 Å². The van der Waals surface area contributed by atoms with Gasteiger partial charge in [-0.05, 0) is 24.3 Å². The van der Waals surface area contributed by atoms with Crippen LogP contribution in [0, 0.1) is 0 Å². The van der Waals surface area contributed by atoms with Crippen molar-refractivity contribution in [1.29, 1.82) is 0 Å². The average molecular weight is 490 g/mol. The van der Waals surface area contributed by atoms with E-state index >= 15 is 0 Å². The molecule has 9 nitrogen and oxygen atoms in total. The Labute approximate surface area is 185 Å². The molecule has 1 aliphatic rings. The molecule has 1 saturated heterocycles. The molecule has 178 valence electrons. The zero-order chi connectivity index (χ0) is 24.2. The Morgan fingerprint density at radius 2 is 1.42 bits per heavy atom. The molecule has 1 heterocycles. The second kappa shape index (κ2) is 9.87. The lowest BCUT2D eigenvalue weighted by molar-refractivity contribution is -0.132. The van der Waals surface area contributed by atoms with E-state index in [0.29, 0.717) is 0 Å². The van der Waals surface area contributed by atoms with Crippen LogP contribution in [-0.2, 0) is 28.5 Å². The summed E-state index contributed by atoms with van der Waals surface area (Å²) < 4.78 is 80.6. The second-order valence-corrected chi connectivity index (χ2v) is 8.29. The molecule has 0 bridgehead atoms. The minimum atomic E-state index is -6.18. The van der Waals surface area contributed by atoms with Crippen LogP contribution in [0.2, 0.25) is 0 Å². The summed E-state index contributed by atoms with van der Waals surface area (Å²) in [5.74, 6) is -1.90. The van der Waals surface area contributed by atoms with Crippen LogP contribution in [0.25, 0.3) is 0 Å². The van der Waals surface area contributed by atoms with Crippen LogP contribution < -0.4 is 0 Å². The molecular formula is C20H17F3O9S. The molecule has 0 aromatic heterocycles. The number of hydrogen-bond acceptors (Lipinski definition) is 9. The molecule has 0 aliphatic carbocycles. The number of hydrogen-bond donors (Lipinski definition) is 1. The first-order valence-electron chi connectivity index (χ1n) is 9.31. The number of ether oxygens (including phenoxy) is 3. The number of halogens is 3. The number of rotatable bonds is 7. The predicted molar refractivity (Wildman–Crippen MR) is 103 cm³/mol. The van der Waals surface area contributed by atoms with Crippen molar-refractivity contribution >= 4 is 22.1 Å². The van der Waals surface area contributed by atoms with Gasteiger partial charge >= 0.3 is 27.6 Å². The number of alkyl halides is 3.